The first-order valence-electron chi connectivity index (χ1n) is 7.09. The van der Waals surface area contributed by atoms with E-state index in [0.29, 0.717) is 16.8 Å². The van der Waals surface area contributed by atoms with Gasteiger partial charge in [-0.25, -0.2) is 8.78 Å². The van der Waals surface area contributed by atoms with Gasteiger partial charge in [0.1, 0.15) is 0 Å². The molecule has 1 saturated carbocycles. The van der Waals surface area contributed by atoms with Gasteiger partial charge < -0.3 is 11.1 Å². The van der Waals surface area contributed by atoms with Gasteiger partial charge in [-0.1, -0.05) is 36.4 Å². The van der Waals surface area contributed by atoms with Crippen LogP contribution in [0.1, 0.15) is 23.2 Å². The molecule has 2 aromatic carbocycles. The van der Waals surface area contributed by atoms with E-state index in [4.69, 9.17) is 5.73 Å². The van der Waals surface area contributed by atoms with Crippen molar-refractivity contribution in [3.63, 3.8) is 0 Å². The van der Waals surface area contributed by atoms with E-state index in [1.165, 1.54) is 0 Å². The molecule has 0 aromatic heterocycles. The largest absolute Gasteiger partial charge is 0.398 e. The average molecular weight is 302 g/mol. The van der Waals surface area contributed by atoms with Crippen LogP contribution in [-0.4, -0.2) is 17.9 Å². The zero-order chi connectivity index (χ0) is 15.7. The summed E-state index contributed by atoms with van der Waals surface area (Å²) in [6, 6.07) is 13.9. The van der Waals surface area contributed by atoms with Crippen molar-refractivity contribution >= 4 is 11.6 Å². The van der Waals surface area contributed by atoms with Gasteiger partial charge in [-0.05, 0) is 17.7 Å². The topological polar surface area (TPSA) is 55.1 Å². The van der Waals surface area contributed by atoms with Crippen LogP contribution in [0.15, 0.2) is 48.5 Å². The lowest BCUT2D eigenvalue weighted by atomic mass is 9.87. The number of nitrogen functional groups attached to an aromatic ring is 1. The number of nitrogens with two attached hydrogens (primary N) is 1. The minimum atomic E-state index is -2.66. The zero-order valence-corrected chi connectivity index (χ0v) is 11.9. The van der Waals surface area contributed by atoms with Crippen molar-refractivity contribution < 1.29 is 13.6 Å². The van der Waals surface area contributed by atoms with Crippen molar-refractivity contribution in [2.75, 3.05) is 5.73 Å². The van der Waals surface area contributed by atoms with E-state index in [2.05, 4.69) is 5.32 Å². The molecule has 5 heteroatoms. The average Bonchev–Trinajstić information content (AvgIpc) is 2.46. The van der Waals surface area contributed by atoms with Gasteiger partial charge in [-0.2, -0.15) is 0 Å². The molecule has 22 heavy (non-hydrogen) atoms. The molecule has 0 unspecified atom stereocenters. The minimum absolute atomic E-state index is 0.304. The minimum Gasteiger partial charge on any atom is -0.398 e. The second kappa shape index (κ2) is 5.40. The van der Waals surface area contributed by atoms with Crippen molar-refractivity contribution in [3.05, 3.63) is 54.1 Å². The molecule has 0 saturated heterocycles. The Bertz CT molecular complexity index is 693. The second-order valence-electron chi connectivity index (χ2n) is 5.57. The first kappa shape index (κ1) is 14.5. The first-order valence-corrected chi connectivity index (χ1v) is 7.09. The number of anilines is 1. The third-order valence-corrected chi connectivity index (χ3v) is 3.83. The summed E-state index contributed by atoms with van der Waals surface area (Å²) >= 11 is 0. The van der Waals surface area contributed by atoms with Crippen LogP contribution in [0.3, 0.4) is 0 Å². The zero-order valence-electron chi connectivity index (χ0n) is 11.9. The summed E-state index contributed by atoms with van der Waals surface area (Å²) in [6.07, 6.45) is -0.608. The number of amides is 1. The van der Waals surface area contributed by atoms with Gasteiger partial charge in [0, 0.05) is 35.7 Å². The highest BCUT2D eigenvalue weighted by atomic mass is 19.3. The van der Waals surface area contributed by atoms with Crippen LogP contribution in [0.4, 0.5) is 14.5 Å². The molecule has 0 bridgehead atoms. The Hall–Kier alpha value is -2.43. The molecule has 0 spiro atoms. The van der Waals surface area contributed by atoms with Crippen molar-refractivity contribution in [2.45, 2.75) is 24.8 Å². The molecule has 0 aliphatic heterocycles. The molecule has 1 aliphatic carbocycles. The van der Waals surface area contributed by atoms with Crippen LogP contribution in [0, 0.1) is 0 Å². The predicted octanol–water partition coefficient (Wildman–Crippen LogP) is 3.46. The molecule has 0 heterocycles. The van der Waals surface area contributed by atoms with Crippen molar-refractivity contribution in [2.24, 2.45) is 0 Å². The highest BCUT2D eigenvalue weighted by molar-refractivity contribution is 6.03. The fourth-order valence-corrected chi connectivity index (χ4v) is 2.71. The fourth-order valence-electron chi connectivity index (χ4n) is 2.71. The summed E-state index contributed by atoms with van der Waals surface area (Å²) in [5, 5.41) is 2.65. The number of alkyl halides is 2. The monoisotopic (exact) mass is 302 g/mol. The number of carbonyl (C=O) groups is 1. The van der Waals surface area contributed by atoms with E-state index < -0.39 is 12.0 Å². The standard InChI is InChI=1S/C17H16F2N2O/c18-17(19)9-12(10-17)21-16(22)13-7-4-8-14(20)15(13)11-5-2-1-3-6-11/h1-8,12H,9-10,20H2,(H,21,22). The van der Waals surface area contributed by atoms with Crippen molar-refractivity contribution in [1.29, 1.82) is 0 Å². The number of halogens is 2. The van der Waals surface area contributed by atoms with E-state index in [0.717, 1.165) is 5.56 Å². The van der Waals surface area contributed by atoms with Crippen LogP contribution in [0.25, 0.3) is 11.1 Å². The summed E-state index contributed by atoms with van der Waals surface area (Å²) in [5.41, 5.74) is 8.35. The third-order valence-electron chi connectivity index (χ3n) is 3.83. The lowest BCUT2D eigenvalue weighted by molar-refractivity contribution is -0.0901. The molecule has 3 nitrogen and oxygen atoms in total. The predicted molar refractivity (Wildman–Crippen MR) is 81.7 cm³/mol. The smallest absolute Gasteiger partial charge is 0.252 e. The quantitative estimate of drug-likeness (QED) is 0.853. The summed E-state index contributed by atoms with van der Waals surface area (Å²) in [7, 11) is 0. The van der Waals surface area contributed by atoms with E-state index in [-0.39, 0.29) is 18.7 Å². The SMILES string of the molecule is Nc1cccc(C(=O)NC2CC(F)(F)C2)c1-c1ccccc1. The van der Waals surface area contributed by atoms with Gasteiger partial charge in [0.25, 0.3) is 11.8 Å². The lowest BCUT2D eigenvalue weighted by Gasteiger charge is -2.35. The number of carbonyl (C=O) groups excluding carboxylic acids is 1. The highest BCUT2D eigenvalue weighted by Crippen LogP contribution is 2.38. The number of hydrogen-bond donors (Lipinski definition) is 2. The Kier molecular flexibility index (Phi) is 3.56. The van der Waals surface area contributed by atoms with Crippen LogP contribution in [-0.2, 0) is 0 Å². The molecular weight excluding hydrogens is 286 g/mol. The maximum Gasteiger partial charge on any atom is 0.252 e. The molecule has 2 aromatic rings. The van der Waals surface area contributed by atoms with E-state index in [1.807, 2.05) is 30.3 Å². The Morgan fingerprint density at radius 3 is 2.41 bits per heavy atom. The Labute approximate surface area is 127 Å². The molecule has 3 N–H and O–H groups in total. The van der Waals surface area contributed by atoms with E-state index in [9.17, 15) is 13.6 Å². The van der Waals surface area contributed by atoms with Crippen LogP contribution in [0.5, 0.6) is 0 Å². The number of benzene rings is 2. The number of rotatable bonds is 3. The summed E-state index contributed by atoms with van der Waals surface area (Å²) < 4.78 is 25.8. The third kappa shape index (κ3) is 2.79. The molecular formula is C17H16F2N2O. The molecule has 0 atom stereocenters. The molecule has 0 radical (unpaired) electrons. The Morgan fingerprint density at radius 1 is 1.09 bits per heavy atom. The Balaban J connectivity index is 1.88. The van der Waals surface area contributed by atoms with Crippen molar-refractivity contribution in [3.8, 4) is 11.1 Å². The lowest BCUT2D eigenvalue weighted by Crippen LogP contribution is -2.50. The maximum atomic E-state index is 12.9. The molecule has 1 amide bonds. The molecule has 114 valence electrons. The van der Waals surface area contributed by atoms with Crippen LogP contribution in [0.2, 0.25) is 0 Å². The number of hydrogen-bond acceptors (Lipinski definition) is 2. The van der Waals surface area contributed by atoms with E-state index >= 15 is 0 Å². The summed E-state index contributed by atoms with van der Waals surface area (Å²) in [4.78, 5) is 12.4. The highest BCUT2D eigenvalue weighted by Gasteiger charge is 2.46. The summed E-state index contributed by atoms with van der Waals surface area (Å²) in [6.45, 7) is 0. The Morgan fingerprint density at radius 2 is 1.77 bits per heavy atom. The van der Waals surface area contributed by atoms with Gasteiger partial charge in [0.2, 0.25) is 0 Å². The van der Waals surface area contributed by atoms with Crippen molar-refractivity contribution in [1.82, 2.24) is 5.32 Å². The second-order valence-corrected chi connectivity index (χ2v) is 5.57. The molecule has 1 aliphatic rings. The van der Waals surface area contributed by atoms with Crippen LogP contribution < -0.4 is 11.1 Å². The fraction of sp³-hybridized carbons (Fsp3) is 0.235. The number of nitrogens with one attached hydrogen (secondary N) is 1. The van der Waals surface area contributed by atoms with Gasteiger partial charge in [0.15, 0.2) is 0 Å². The van der Waals surface area contributed by atoms with E-state index in [1.54, 1.807) is 18.2 Å². The van der Waals surface area contributed by atoms with Gasteiger partial charge in [-0.3, -0.25) is 4.79 Å². The summed E-state index contributed by atoms with van der Waals surface area (Å²) in [5.74, 6) is -3.03. The van der Waals surface area contributed by atoms with Gasteiger partial charge in [-0.15, -0.1) is 0 Å². The van der Waals surface area contributed by atoms with Crippen LogP contribution >= 0.6 is 0 Å². The maximum absolute atomic E-state index is 12.9. The first-order chi connectivity index (χ1) is 10.5. The van der Waals surface area contributed by atoms with Gasteiger partial charge >= 0.3 is 0 Å². The van der Waals surface area contributed by atoms with Gasteiger partial charge in [0.05, 0.1) is 0 Å². The molecule has 1 fully saturated rings. The normalized spacial score (nSPS) is 16.8. The molecule has 3 rings (SSSR count).